The molecular formula is C43H46O8. The third-order valence-corrected chi connectivity index (χ3v) is 7.73. The Bertz CT molecular complexity index is 1800. The maximum absolute atomic E-state index is 12.5. The highest BCUT2D eigenvalue weighted by atomic mass is 16.5. The summed E-state index contributed by atoms with van der Waals surface area (Å²) in [5, 5.41) is 9.99. The van der Waals surface area contributed by atoms with Crippen molar-refractivity contribution in [3.63, 3.8) is 0 Å². The molecule has 5 rings (SSSR count). The second-order valence-corrected chi connectivity index (χ2v) is 11.7. The van der Waals surface area contributed by atoms with E-state index in [1.807, 2.05) is 91.9 Å². The number of rotatable bonds is 15. The lowest BCUT2D eigenvalue weighted by Crippen LogP contribution is -2.11. The summed E-state index contributed by atoms with van der Waals surface area (Å²) in [5.41, 5.74) is 5.42. The van der Waals surface area contributed by atoms with Gasteiger partial charge in [-0.1, -0.05) is 91.0 Å². The van der Waals surface area contributed by atoms with E-state index in [9.17, 15) is 14.7 Å². The number of aryl methyl sites for hydroxylation is 3. The quantitative estimate of drug-likeness (QED) is 0.0858. The van der Waals surface area contributed by atoms with Crippen molar-refractivity contribution in [1.29, 1.82) is 0 Å². The van der Waals surface area contributed by atoms with Crippen LogP contribution in [0.3, 0.4) is 0 Å². The minimum absolute atomic E-state index is 0.128. The third-order valence-electron chi connectivity index (χ3n) is 7.73. The Balaban J connectivity index is 0.000000244. The molecule has 0 bridgehead atoms. The van der Waals surface area contributed by atoms with Crippen LogP contribution in [0, 0.1) is 13.8 Å². The van der Waals surface area contributed by atoms with Gasteiger partial charge in [0.1, 0.15) is 47.3 Å². The fraction of sp³-hybridized carbons (Fsp3) is 0.256. The van der Waals surface area contributed by atoms with Gasteiger partial charge in [0.2, 0.25) is 0 Å². The fourth-order valence-corrected chi connectivity index (χ4v) is 5.26. The van der Waals surface area contributed by atoms with Gasteiger partial charge in [0.05, 0.1) is 19.8 Å². The molecule has 0 radical (unpaired) electrons. The standard InChI is InChI=1S/C26H28O4.C17H18O4/c1-3-28-26(27)25-20(2)17-23(30-19-22-13-8-5-9-14-22)18-24(25)29-16-10-15-21-11-6-4-7-12-21;1-3-20-17(19)16-12(2)9-14(10-15(16)18)21-11-13-7-5-4-6-8-13/h4-9,11-14,17-18H,3,10,15-16,19H2,1-2H3;4-10,18H,3,11H2,1-2H3. The topological polar surface area (TPSA) is 101 Å². The van der Waals surface area contributed by atoms with E-state index >= 15 is 0 Å². The molecule has 266 valence electrons. The number of ether oxygens (including phenoxy) is 5. The molecule has 5 aromatic carbocycles. The van der Waals surface area contributed by atoms with Gasteiger partial charge in [0.15, 0.2) is 0 Å². The van der Waals surface area contributed by atoms with Crippen LogP contribution in [-0.4, -0.2) is 36.9 Å². The molecule has 0 heterocycles. The zero-order chi connectivity index (χ0) is 36.4. The van der Waals surface area contributed by atoms with Gasteiger partial charge in [-0.25, -0.2) is 9.59 Å². The van der Waals surface area contributed by atoms with Crippen LogP contribution in [0.15, 0.2) is 115 Å². The number of phenols is 1. The van der Waals surface area contributed by atoms with E-state index in [-0.39, 0.29) is 23.9 Å². The Morgan fingerprint density at radius 3 is 1.51 bits per heavy atom. The molecule has 51 heavy (non-hydrogen) atoms. The van der Waals surface area contributed by atoms with Crippen LogP contribution in [0.1, 0.15) is 68.8 Å². The van der Waals surface area contributed by atoms with Gasteiger partial charge in [-0.05, 0) is 80.5 Å². The van der Waals surface area contributed by atoms with E-state index in [4.69, 9.17) is 23.7 Å². The van der Waals surface area contributed by atoms with E-state index in [2.05, 4.69) is 12.1 Å². The van der Waals surface area contributed by atoms with Crippen LogP contribution in [0.5, 0.6) is 23.0 Å². The van der Waals surface area contributed by atoms with Crippen LogP contribution in [0.4, 0.5) is 0 Å². The molecule has 0 aromatic heterocycles. The number of hydrogen-bond acceptors (Lipinski definition) is 8. The van der Waals surface area contributed by atoms with E-state index in [1.165, 1.54) is 11.6 Å². The van der Waals surface area contributed by atoms with Crippen LogP contribution < -0.4 is 14.2 Å². The molecule has 0 aliphatic rings. The highest BCUT2D eigenvalue weighted by Crippen LogP contribution is 2.31. The molecule has 0 aliphatic heterocycles. The highest BCUT2D eigenvalue weighted by molar-refractivity contribution is 5.95. The Hall–Kier alpha value is -5.76. The monoisotopic (exact) mass is 690 g/mol. The number of carbonyl (C=O) groups is 2. The van der Waals surface area contributed by atoms with Gasteiger partial charge in [0, 0.05) is 12.1 Å². The fourth-order valence-electron chi connectivity index (χ4n) is 5.26. The first-order chi connectivity index (χ1) is 24.8. The molecule has 0 saturated carbocycles. The lowest BCUT2D eigenvalue weighted by Gasteiger charge is -2.16. The number of esters is 2. The average Bonchev–Trinajstić information content (AvgIpc) is 3.13. The van der Waals surface area contributed by atoms with Crippen molar-refractivity contribution in [2.24, 2.45) is 0 Å². The predicted molar refractivity (Wildman–Crippen MR) is 198 cm³/mol. The van der Waals surface area contributed by atoms with E-state index < -0.39 is 5.97 Å². The summed E-state index contributed by atoms with van der Waals surface area (Å²) in [6.07, 6.45) is 1.76. The molecule has 0 fully saturated rings. The lowest BCUT2D eigenvalue weighted by molar-refractivity contribution is 0.0511. The van der Waals surface area contributed by atoms with Gasteiger partial charge in [-0.2, -0.15) is 0 Å². The first-order valence-electron chi connectivity index (χ1n) is 17.1. The molecule has 8 heteroatoms. The van der Waals surface area contributed by atoms with E-state index in [1.54, 1.807) is 32.9 Å². The average molecular weight is 691 g/mol. The predicted octanol–water partition coefficient (Wildman–Crippen LogP) is 9.22. The van der Waals surface area contributed by atoms with Crippen LogP contribution in [0.25, 0.3) is 0 Å². The van der Waals surface area contributed by atoms with E-state index in [0.29, 0.717) is 54.8 Å². The van der Waals surface area contributed by atoms with Crippen molar-refractivity contribution in [3.8, 4) is 23.0 Å². The van der Waals surface area contributed by atoms with Crippen molar-refractivity contribution in [3.05, 3.63) is 154 Å². The minimum atomic E-state index is -0.526. The molecular weight excluding hydrogens is 644 g/mol. The second-order valence-electron chi connectivity index (χ2n) is 11.7. The van der Waals surface area contributed by atoms with Crippen molar-refractivity contribution in [2.45, 2.75) is 53.8 Å². The van der Waals surface area contributed by atoms with Crippen molar-refractivity contribution in [2.75, 3.05) is 19.8 Å². The summed E-state index contributed by atoms with van der Waals surface area (Å²) in [5.74, 6) is 0.662. The Kier molecular flexibility index (Phi) is 15.0. The van der Waals surface area contributed by atoms with Crippen LogP contribution in [-0.2, 0) is 29.1 Å². The zero-order valence-electron chi connectivity index (χ0n) is 29.7. The minimum Gasteiger partial charge on any atom is -0.507 e. The van der Waals surface area contributed by atoms with Crippen molar-refractivity contribution in [1.82, 2.24) is 0 Å². The van der Waals surface area contributed by atoms with Crippen LogP contribution in [0.2, 0.25) is 0 Å². The summed E-state index contributed by atoms with van der Waals surface area (Å²) < 4.78 is 27.8. The first kappa shape index (κ1) is 38.0. The number of phenolic OH excluding ortho intramolecular Hbond substituents is 1. The van der Waals surface area contributed by atoms with Gasteiger partial charge >= 0.3 is 11.9 Å². The van der Waals surface area contributed by atoms with Gasteiger partial charge < -0.3 is 28.8 Å². The number of carbonyl (C=O) groups excluding carboxylic acids is 2. The Morgan fingerprint density at radius 1 is 0.569 bits per heavy atom. The lowest BCUT2D eigenvalue weighted by atomic mass is 10.1. The summed E-state index contributed by atoms with van der Waals surface area (Å²) in [7, 11) is 0. The molecule has 1 N–H and O–H groups in total. The van der Waals surface area contributed by atoms with E-state index in [0.717, 1.165) is 29.5 Å². The van der Waals surface area contributed by atoms with Crippen molar-refractivity contribution < 1.29 is 38.4 Å². The second kappa shape index (κ2) is 20.0. The number of aromatic hydroxyl groups is 1. The normalized spacial score (nSPS) is 10.4. The number of benzene rings is 5. The third kappa shape index (κ3) is 12.0. The van der Waals surface area contributed by atoms with Crippen molar-refractivity contribution >= 4 is 11.9 Å². The first-order valence-corrected chi connectivity index (χ1v) is 17.1. The molecule has 0 spiro atoms. The largest absolute Gasteiger partial charge is 0.507 e. The molecule has 0 aliphatic carbocycles. The molecule has 0 atom stereocenters. The smallest absolute Gasteiger partial charge is 0.342 e. The SMILES string of the molecule is CCOC(=O)c1c(C)cc(OCc2ccccc2)cc1O.CCOC(=O)c1c(C)cc(OCc2ccccc2)cc1OCCCc1ccccc1. The summed E-state index contributed by atoms with van der Waals surface area (Å²) in [6.45, 7) is 9.07. The highest BCUT2D eigenvalue weighted by Gasteiger charge is 2.20. The molecule has 8 nitrogen and oxygen atoms in total. The van der Waals surface area contributed by atoms with Gasteiger partial charge in [-0.3, -0.25) is 0 Å². The molecule has 0 amide bonds. The molecule has 5 aromatic rings. The van der Waals surface area contributed by atoms with Gasteiger partial charge in [0.25, 0.3) is 0 Å². The zero-order valence-corrected chi connectivity index (χ0v) is 29.7. The maximum atomic E-state index is 12.5. The summed E-state index contributed by atoms with van der Waals surface area (Å²) in [4.78, 5) is 24.2. The number of hydrogen-bond donors (Lipinski definition) is 1. The summed E-state index contributed by atoms with van der Waals surface area (Å²) in [6, 6.07) is 36.8. The maximum Gasteiger partial charge on any atom is 0.342 e. The Morgan fingerprint density at radius 2 is 1.02 bits per heavy atom. The van der Waals surface area contributed by atoms with Crippen LogP contribution >= 0.6 is 0 Å². The Labute approximate surface area is 300 Å². The summed E-state index contributed by atoms with van der Waals surface area (Å²) >= 11 is 0. The molecule has 0 unspecified atom stereocenters. The molecule has 0 saturated heterocycles. The van der Waals surface area contributed by atoms with Gasteiger partial charge in [-0.15, -0.1) is 0 Å².